The zero-order chi connectivity index (χ0) is 17.2. The van der Waals surface area contributed by atoms with Gasteiger partial charge in [0.15, 0.2) is 0 Å². The Morgan fingerprint density at radius 2 is 2.08 bits per heavy atom. The zero-order valence-electron chi connectivity index (χ0n) is 12.9. The van der Waals surface area contributed by atoms with Crippen molar-refractivity contribution in [2.45, 2.75) is 30.2 Å². The highest BCUT2D eigenvalue weighted by Crippen LogP contribution is 2.35. The largest absolute Gasteiger partial charge is 0.733 e. The number of hydrogen-bond donors (Lipinski definition) is 1. The van der Waals surface area contributed by atoms with Crippen LogP contribution in [0.4, 0.5) is 5.69 Å². The molecule has 1 N–H and O–H groups in total. The van der Waals surface area contributed by atoms with E-state index in [1.165, 1.54) is 28.6 Å². The van der Waals surface area contributed by atoms with E-state index >= 15 is 0 Å². The van der Waals surface area contributed by atoms with Crippen LogP contribution in [0.3, 0.4) is 0 Å². The number of sulfonamides is 1. The van der Waals surface area contributed by atoms with Crippen molar-refractivity contribution < 1.29 is 13.6 Å². The van der Waals surface area contributed by atoms with Crippen LogP contribution in [0.5, 0.6) is 0 Å². The molecule has 2 heterocycles. The molecule has 0 spiro atoms. The SMILES string of the molecule is O=S(=O)(c1cccc(N([O-])O)c1)N1CCCCC1c1cccnc1. The van der Waals surface area contributed by atoms with Crippen LogP contribution in [0.15, 0.2) is 53.7 Å². The Kier molecular flexibility index (Phi) is 4.81. The monoisotopic (exact) mass is 348 g/mol. The fourth-order valence-electron chi connectivity index (χ4n) is 3.00. The minimum atomic E-state index is -3.79. The van der Waals surface area contributed by atoms with E-state index in [0.29, 0.717) is 6.54 Å². The van der Waals surface area contributed by atoms with E-state index in [2.05, 4.69) is 4.98 Å². The molecule has 1 unspecified atom stereocenters. The number of benzene rings is 1. The molecular formula is C16H18N3O4S-. The van der Waals surface area contributed by atoms with E-state index in [1.54, 1.807) is 18.5 Å². The molecule has 8 heteroatoms. The molecule has 128 valence electrons. The lowest BCUT2D eigenvalue weighted by atomic mass is 9.99. The van der Waals surface area contributed by atoms with Crippen molar-refractivity contribution in [2.75, 3.05) is 11.8 Å². The molecule has 2 aromatic rings. The smallest absolute Gasteiger partial charge is 0.243 e. The van der Waals surface area contributed by atoms with Crippen LogP contribution in [-0.2, 0) is 10.0 Å². The molecule has 1 aromatic carbocycles. The summed E-state index contributed by atoms with van der Waals surface area (Å²) in [5.41, 5.74) is 0.732. The summed E-state index contributed by atoms with van der Waals surface area (Å²) in [6.45, 7) is 0.409. The molecule has 0 saturated carbocycles. The number of rotatable bonds is 4. The number of hydrogen-bond acceptors (Lipinski definition) is 6. The second-order valence-electron chi connectivity index (χ2n) is 5.68. The Morgan fingerprint density at radius 3 is 2.79 bits per heavy atom. The second-order valence-corrected chi connectivity index (χ2v) is 7.57. The molecule has 0 radical (unpaired) electrons. The van der Waals surface area contributed by atoms with Crippen molar-refractivity contribution in [3.8, 4) is 0 Å². The number of nitrogens with zero attached hydrogens (tertiary/aromatic N) is 3. The average molecular weight is 348 g/mol. The van der Waals surface area contributed by atoms with Crippen molar-refractivity contribution in [2.24, 2.45) is 0 Å². The van der Waals surface area contributed by atoms with Gasteiger partial charge in [-0.3, -0.25) is 10.2 Å². The molecule has 1 aliphatic heterocycles. The van der Waals surface area contributed by atoms with Crippen LogP contribution >= 0.6 is 0 Å². The van der Waals surface area contributed by atoms with Crippen LogP contribution in [-0.4, -0.2) is 29.5 Å². The van der Waals surface area contributed by atoms with Crippen LogP contribution in [0.2, 0.25) is 0 Å². The molecule has 3 rings (SSSR count). The van der Waals surface area contributed by atoms with Gasteiger partial charge in [0, 0.05) is 18.9 Å². The molecule has 0 aliphatic carbocycles. The van der Waals surface area contributed by atoms with E-state index in [9.17, 15) is 13.6 Å². The summed E-state index contributed by atoms with van der Waals surface area (Å²) in [5.74, 6) is 0. The first kappa shape index (κ1) is 16.8. The molecule has 1 atom stereocenters. The summed E-state index contributed by atoms with van der Waals surface area (Å²) < 4.78 is 27.6. The van der Waals surface area contributed by atoms with Crippen molar-refractivity contribution in [3.05, 3.63) is 59.6 Å². The molecule has 0 bridgehead atoms. The summed E-state index contributed by atoms with van der Waals surface area (Å²) in [7, 11) is -3.79. The molecule has 1 saturated heterocycles. The predicted octanol–water partition coefficient (Wildman–Crippen LogP) is 2.69. The zero-order valence-corrected chi connectivity index (χ0v) is 13.8. The van der Waals surface area contributed by atoms with Gasteiger partial charge in [0.05, 0.1) is 16.6 Å². The van der Waals surface area contributed by atoms with Crippen molar-refractivity contribution in [1.29, 1.82) is 0 Å². The van der Waals surface area contributed by atoms with Gasteiger partial charge >= 0.3 is 0 Å². The van der Waals surface area contributed by atoms with Crippen LogP contribution < -0.4 is 5.23 Å². The molecule has 0 amide bonds. The highest BCUT2D eigenvalue weighted by atomic mass is 32.2. The minimum Gasteiger partial charge on any atom is -0.733 e. The topological polar surface area (TPSA) is 96.8 Å². The third kappa shape index (κ3) is 3.27. The van der Waals surface area contributed by atoms with Crippen molar-refractivity contribution in [3.63, 3.8) is 0 Å². The van der Waals surface area contributed by atoms with Gasteiger partial charge in [0.1, 0.15) is 0 Å². The maximum atomic E-state index is 13.0. The number of pyridine rings is 1. The predicted molar refractivity (Wildman–Crippen MR) is 88.8 cm³/mol. The Labute approximate surface area is 140 Å². The third-order valence-corrected chi connectivity index (χ3v) is 6.07. The van der Waals surface area contributed by atoms with Gasteiger partial charge in [-0.1, -0.05) is 18.6 Å². The lowest BCUT2D eigenvalue weighted by Crippen LogP contribution is -2.38. The Bertz CT molecular complexity index is 796. The summed E-state index contributed by atoms with van der Waals surface area (Å²) in [4.78, 5) is 4.08. The van der Waals surface area contributed by atoms with E-state index in [0.717, 1.165) is 24.8 Å². The van der Waals surface area contributed by atoms with Gasteiger partial charge in [-0.05, 0) is 42.7 Å². The molecule has 24 heavy (non-hydrogen) atoms. The molecular weight excluding hydrogens is 330 g/mol. The number of piperidine rings is 1. The first-order valence-electron chi connectivity index (χ1n) is 7.68. The van der Waals surface area contributed by atoms with E-state index in [-0.39, 0.29) is 21.9 Å². The fraction of sp³-hybridized carbons (Fsp3) is 0.312. The third-order valence-electron chi connectivity index (χ3n) is 4.17. The Hall–Kier alpha value is -2.00. The Balaban J connectivity index is 1.99. The van der Waals surface area contributed by atoms with Gasteiger partial charge in [-0.2, -0.15) is 4.31 Å². The normalized spacial score (nSPS) is 19.2. The van der Waals surface area contributed by atoms with Crippen LogP contribution in [0, 0.1) is 5.21 Å². The van der Waals surface area contributed by atoms with Gasteiger partial charge in [0.25, 0.3) is 0 Å². The quantitative estimate of drug-likeness (QED) is 0.853. The average Bonchev–Trinajstić information content (AvgIpc) is 2.62. The highest BCUT2D eigenvalue weighted by molar-refractivity contribution is 7.89. The van der Waals surface area contributed by atoms with Gasteiger partial charge < -0.3 is 10.4 Å². The Morgan fingerprint density at radius 1 is 1.25 bits per heavy atom. The van der Waals surface area contributed by atoms with Crippen LogP contribution in [0.25, 0.3) is 0 Å². The summed E-state index contributed by atoms with van der Waals surface area (Å²) in [5, 5.41) is 19.7. The lowest BCUT2D eigenvalue weighted by molar-refractivity contribution is 0.255. The minimum absolute atomic E-state index is 0.00862. The van der Waals surface area contributed by atoms with Gasteiger partial charge in [-0.15, -0.1) is 0 Å². The van der Waals surface area contributed by atoms with Gasteiger partial charge in [-0.25, -0.2) is 8.42 Å². The summed E-state index contributed by atoms with van der Waals surface area (Å²) in [6, 6.07) is 8.77. The van der Waals surface area contributed by atoms with E-state index in [4.69, 9.17) is 5.21 Å². The first-order valence-corrected chi connectivity index (χ1v) is 9.12. The molecule has 7 nitrogen and oxygen atoms in total. The molecule has 1 fully saturated rings. The highest BCUT2D eigenvalue weighted by Gasteiger charge is 2.34. The molecule has 1 aromatic heterocycles. The van der Waals surface area contributed by atoms with Crippen LogP contribution in [0.1, 0.15) is 30.9 Å². The second kappa shape index (κ2) is 6.86. The maximum absolute atomic E-state index is 13.0. The lowest BCUT2D eigenvalue weighted by Gasteiger charge is -2.35. The van der Waals surface area contributed by atoms with Crippen molar-refractivity contribution >= 4 is 15.7 Å². The van der Waals surface area contributed by atoms with E-state index in [1.807, 2.05) is 6.07 Å². The summed E-state index contributed by atoms with van der Waals surface area (Å²) in [6.07, 6.45) is 5.78. The molecule has 1 aliphatic rings. The fourth-order valence-corrected chi connectivity index (χ4v) is 4.72. The number of anilines is 1. The van der Waals surface area contributed by atoms with E-state index < -0.39 is 10.0 Å². The first-order chi connectivity index (χ1) is 11.5. The van der Waals surface area contributed by atoms with Gasteiger partial charge in [0.2, 0.25) is 10.0 Å². The maximum Gasteiger partial charge on any atom is 0.243 e. The standard InChI is InChI=1S/C16H18N3O4S/c20-19(21)14-6-3-7-15(11-14)24(22,23)18-10-2-1-8-16(18)13-5-4-9-17-12-13/h3-7,9,11-12,16,20H,1-2,8,10H2/q-1. The number of aromatic nitrogens is 1. The van der Waals surface area contributed by atoms with Crippen molar-refractivity contribution in [1.82, 2.24) is 9.29 Å². The summed E-state index contributed by atoms with van der Waals surface area (Å²) >= 11 is 0.